The maximum Gasteiger partial charge on any atom is 0.273 e. The minimum absolute atomic E-state index is 0.0348. The Morgan fingerprint density at radius 1 is 0.935 bits per heavy atom. The molecule has 1 N–H and O–H groups in total. The fourth-order valence-electron chi connectivity index (χ4n) is 4.22. The zero-order valence-electron chi connectivity index (χ0n) is 17.3. The fourth-order valence-corrected chi connectivity index (χ4v) is 4.22. The minimum atomic E-state index is -0.229. The van der Waals surface area contributed by atoms with Gasteiger partial charge < -0.3 is 9.64 Å². The lowest BCUT2D eigenvalue weighted by molar-refractivity contribution is 0.0730. The molecule has 0 fully saturated rings. The van der Waals surface area contributed by atoms with Gasteiger partial charge in [-0.25, -0.2) is 0 Å². The lowest BCUT2D eigenvalue weighted by atomic mass is 9.96. The quantitative estimate of drug-likeness (QED) is 0.475. The molecule has 1 unspecified atom stereocenters. The summed E-state index contributed by atoms with van der Waals surface area (Å²) in [5.41, 5.74) is 5.42. The summed E-state index contributed by atoms with van der Waals surface area (Å²) in [6.45, 7) is 3.11. The number of aromatic amines is 1. The van der Waals surface area contributed by atoms with E-state index in [-0.39, 0.29) is 11.9 Å². The van der Waals surface area contributed by atoms with E-state index in [0.717, 1.165) is 33.7 Å². The largest absolute Gasteiger partial charge is 0.494 e. The van der Waals surface area contributed by atoms with Gasteiger partial charge in [-0.1, -0.05) is 72.8 Å². The van der Waals surface area contributed by atoms with E-state index >= 15 is 0 Å². The molecule has 0 bridgehead atoms. The van der Waals surface area contributed by atoms with Crippen LogP contribution < -0.4 is 4.74 Å². The number of H-pyrrole nitrogens is 1. The van der Waals surface area contributed by atoms with Crippen molar-refractivity contribution in [2.45, 2.75) is 19.5 Å². The number of hydrogen-bond acceptors (Lipinski definition) is 3. The zero-order valence-corrected chi connectivity index (χ0v) is 17.3. The van der Waals surface area contributed by atoms with Gasteiger partial charge in [0, 0.05) is 17.7 Å². The molecule has 1 aliphatic rings. The third-order valence-electron chi connectivity index (χ3n) is 5.61. The van der Waals surface area contributed by atoms with E-state index in [0.29, 0.717) is 18.8 Å². The summed E-state index contributed by atoms with van der Waals surface area (Å²) in [5, 5.41) is 7.54. The van der Waals surface area contributed by atoms with Crippen LogP contribution in [0.1, 0.15) is 40.1 Å². The summed E-state index contributed by atoms with van der Waals surface area (Å²) in [6.07, 6.45) is 0. The number of carbonyl (C=O) groups is 1. The highest BCUT2D eigenvalue weighted by atomic mass is 16.5. The zero-order chi connectivity index (χ0) is 21.2. The second kappa shape index (κ2) is 8.11. The molecule has 1 aliphatic heterocycles. The van der Waals surface area contributed by atoms with Gasteiger partial charge in [0.15, 0.2) is 0 Å². The van der Waals surface area contributed by atoms with Crippen molar-refractivity contribution in [2.75, 3.05) is 6.61 Å². The van der Waals surface area contributed by atoms with Crippen molar-refractivity contribution in [3.8, 4) is 17.0 Å². The van der Waals surface area contributed by atoms with Gasteiger partial charge in [-0.15, -0.1) is 0 Å². The highest BCUT2D eigenvalue weighted by molar-refractivity contribution is 6.00. The number of aromatic nitrogens is 2. The van der Waals surface area contributed by atoms with Crippen LogP contribution in [0.2, 0.25) is 0 Å². The summed E-state index contributed by atoms with van der Waals surface area (Å²) in [5.74, 6) is 0.785. The first-order chi connectivity index (χ1) is 15.3. The number of rotatable bonds is 6. The summed E-state index contributed by atoms with van der Waals surface area (Å²) in [6, 6.07) is 27.9. The maximum atomic E-state index is 13.4. The molecule has 1 aromatic heterocycles. The predicted molar refractivity (Wildman–Crippen MR) is 120 cm³/mol. The average molecular weight is 409 g/mol. The lowest BCUT2D eigenvalue weighted by Gasteiger charge is -2.26. The molecule has 3 aromatic carbocycles. The Bertz CT molecular complexity index is 1180. The van der Waals surface area contributed by atoms with Crippen LogP contribution in [0, 0.1) is 0 Å². The molecule has 0 spiro atoms. The smallest absolute Gasteiger partial charge is 0.273 e. The number of benzene rings is 3. The number of hydrogen-bond donors (Lipinski definition) is 1. The van der Waals surface area contributed by atoms with Crippen molar-refractivity contribution in [1.29, 1.82) is 0 Å². The number of carbonyl (C=O) groups excluding carboxylic acids is 1. The Balaban J connectivity index is 1.61. The van der Waals surface area contributed by atoms with E-state index in [9.17, 15) is 4.79 Å². The topological polar surface area (TPSA) is 58.2 Å². The first-order valence-corrected chi connectivity index (χ1v) is 10.5. The maximum absolute atomic E-state index is 13.4. The number of fused-ring (bicyclic) bond motifs is 1. The Hall–Kier alpha value is -3.86. The van der Waals surface area contributed by atoms with Gasteiger partial charge >= 0.3 is 0 Å². The molecule has 0 saturated heterocycles. The van der Waals surface area contributed by atoms with Gasteiger partial charge in [0.2, 0.25) is 0 Å². The van der Waals surface area contributed by atoms with Crippen molar-refractivity contribution in [3.63, 3.8) is 0 Å². The Labute approximate surface area is 181 Å². The van der Waals surface area contributed by atoms with Crippen LogP contribution in [0.3, 0.4) is 0 Å². The second-order valence-electron chi connectivity index (χ2n) is 7.55. The van der Waals surface area contributed by atoms with Gasteiger partial charge in [0.1, 0.15) is 11.4 Å². The van der Waals surface area contributed by atoms with E-state index in [1.807, 2.05) is 96.8 Å². The standard InChI is InChI=1S/C26H23N3O2/c1-2-31-21-15-13-20(14-16-21)25-22-23(19-11-7-4-8-12-19)27-28-24(22)26(30)29(25)17-18-9-5-3-6-10-18/h3-16,25H,2,17H2,1H3,(H,27,28). The van der Waals surface area contributed by atoms with Gasteiger partial charge in [-0.05, 0) is 30.2 Å². The van der Waals surface area contributed by atoms with Crippen molar-refractivity contribution in [2.24, 2.45) is 0 Å². The number of nitrogens with one attached hydrogen (secondary N) is 1. The molecule has 4 aromatic rings. The third kappa shape index (κ3) is 3.48. The van der Waals surface area contributed by atoms with Crippen LogP contribution in [0.15, 0.2) is 84.9 Å². The summed E-state index contributed by atoms with van der Waals surface area (Å²) >= 11 is 0. The molecular formula is C26H23N3O2. The van der Waals surface area contributed by atoms with Gasteiger partial charge in [0.05, 0.1) is 18.3 Å². The van der Waals surface area contributed by atoms with Crippen LogP contribution in [-0.2, 0) is 6.54 Å². The molecule has 1 amide bonds. The minimum Gasteiger partial charge on any atom is -0.494 e. The van der Waals surface area contributed by atoms with E-state index < -0.39 is 0 Å². The van der Waals surface area contributed by atoms with E-state index in [1.165, 1.54) is 0 Å². The van der Waals surface area contributed by atoms with Crippen molar-refractivity contribution in [3.05, 3.63) is 107 Å². The first-order valence-electron chi connectivity index (χ1n) is 10.5. The monoisotopic (exact) mass is 409 g/mol. The van der Waals surface area contributed by atoms with E-state index in [4.69, 9.17) is 4.74 Å². The summed E-state index contributed by atoms with van der Waals surface area (Å²) in [7, 11) is 0. The highest BCUT2D eigenvalue weighted by Gasteiger charge is 2.42. The molecular weight excluding hydrogens is 386 g/mol. The van der Waals surface area contributed by atoms with E-state index in [1.54, 1.807) is 0 Å². The number of ether oxygens (including phenoxy) is 1. The van der Waals surface area contributed by atoms with Crippen molar-refractivity contribution >= 4 is 5.91 Å². The molecule has 2 heterocycles. The fraction of sp³-hybridized carbons (Fsp3) is 0.154. The van der Waals surface area contributed by atoms with Crippen LogP contribution in [-0.4, -0.2) is 27.6 Å². The Morgan fingerprint density at radius 2 is 1.61 bits per heavy atom. The highest BCUT2D eigenvalue weighted by Crippen LogP contribution is 2.43. The summed E-state index contributed by atoms with van der Waals surface area (Å²) < 4.78 is 5.62. The van der Waals surface area contributed by atoms with Crippen LogP contribution >= 0.6 is 0 Å². The van der Waals surface area contributed by atoms with Crippen molar-refractivity contribution in [1.82, 2.24) is 15.1 Å². The normalized spacial score (nSPS) is 15.2. The predicted octanol–water partition coefficient (Wildman–Crippen LogP) is 5.22. The first kappa shape index (κ1) is 19.1. The molecule has 154 valence electrons. The Morgan fingerprint density at radius 3 is 2.29 bits per heavy atom. The molecule has 31 heavy (non-hydrogen) atoms. The SMILES string of the molecule is CCOc1ccc(C2c3c(-c4ccccc4)n[nH]c3C(=O)N2Cc2ccccc2)cc1. The van der Waals surface area contributed by atoms with Crippen LogP contribution in [0.5, 0.6) is 5.75 Å². The van der Waals surface area contributed by atoms with Crippen LogP contribution in [0.4, 0.5) is 0 Å². The van der Waals surface area contributed by atoms with Gasteiger partial charge in [-0.3, -0.25) is 9.89 Å². The lowest BCUT2D eigenvalue weighted by Crippen LogP contribution is -2.29. The third-order valence-corrected chi connectivity index (χ3v) is 5.61. The number of amides is 1. The van der Waals surface area contributed by atoms with E-state index in [2.05, 4.69) is 10.2 Å². The molecule has 0 radical (unpaired) electrons. The van der Waals surface area contributed by atoms with Crippen molar-refractivity contribution < 1.29 is 9.53 Å². The van der Waals surface area contributed by atoms with Gasteiger partial charge in [0.25, 0.3) is 5.91 Å². The number of nitrogens with zero attached hydrogens (tertiary/aromatic N) is 2. The molecule has 5 heteroatoms. The molecule has 0 aliphatic carbocycles. The average Bonchev–Trinajstić information content (AvgIpc) is 3.35. The van der Waals surface area contributed by atoms with Crippen LogP contribution in [0.25, 0.3) is 11.3 Å². The molecule has 1 atom stereocenters. The molecule has 0 saturated carbocycles. The second-order valence-corrected chi connectivity index (χ2v) is 7.55. The Kier molecular flexibility index (Phi) is 5.00. The summed E-state index contributed by atoms with van der Waals surface area (Å²) in [4.78, 5) is 15.3. The molecule has 5 rings (SSSR count). The van der Waals surface area contributed by atoms with Gasteiger partial charge in [-0.2, -0.15) is 5.10 Å². The molecule has 5 nitrogen and oxygen atoms in total.